The van der Waals surface area contributed by atoms with Crippen molar-refractivity contribution in [3.8, 4) is 22.6 Å². The van der Waals surface area contributed by atoms with Gasteiger partial charge in [-0.3, -0.25) is 9.36 Å². The summed E-state index contributed by atoms with van der Waals surface area (Å²) in [5.41, 5.74) is 8.27. The number of ether oxygens (including phenoxy) is 1. The predicted molar refractivity (Wildman–Crippen MR) is 136 cm³/mol. The molecule has 0 unspecified atom stereocenters. The van der Waals surface area contributed by atoms with Crippen LogP contribution in [0.4, 0.5) is 20.4 Å². The molecular formula is C26H23F2N7O2. The zero-order chi connectivity index (χ0) is 26.3. The minimum atomic E-state index is -1.11. The van der Waals surface area contributed by atoms with Gasteiger partial charge in [-0.2, -0.15) is 9.49 Å². The summed E-state index contributed by atoms with van der Waals surface area (Å²) in [4.78, 5) is 21.9. The van der Waals surface area contributed by atoms with E-state index >= 15 is 0 Å². The van der Waals surface area contributed by atoms with E-state index < -0.39 is 17.7 Å². The van der Waals surface area contributed by atoms with E-state index in [1.54, 1.807) is 17.6 Å². The Labute approximate surface area is 210 Å². The van der Waals surface area contributed by atoms with Crippen LogP contribution in [-0.2, 0) is 0 Å². The average molecular weight is 504 g/mol. The van der Waals surface area contributed by atoms with Crippen molar-refractivity contribution in [1.29, 1.82) is 0 Å². The Kier molecular flexibility index (Phi) is 6.04. The molecule has 0 amide bonds. The van der Waals surface area contributed by atoms with Gasteiger partial charge in [0.15, 0.2) is 17.4 Å². The number of nitrogen functional groups attached to an aromatic ring is 1. The summed E-state index contributed by atoms with van der Waals surface area (Å²) in [7, 11) is 1.24. The Bertz CT molecular complexity index is 1680. The number of aryl methyl sites for hydroxylation is 1. The van der Waals surface area contributed by atoms with Crippen LogP contribution in [0.5, 0.6) is 5.75 Å². The van der Waals surface area contributed by atoms with Crippen molar-refractivity contribution in [3.05, 3.63) is 94.4 Å². The van der Waals surface area contributed by atoms with Gasteiger partial charge in [-0.1, -0.05) is 18.2 Å². The molecule has 9 nitrogen and oxygen atoms in total. The van der Waals surface area contributed by atoms with Crippen molar-refractivity contribution in [2.75, 3.05) is 18.2 Å². The molecular weight excluding hydrogens is 480 g/mol. The summed E-state index contributed by atoms with van der Waals surface area (Å²) >= 11 is 0. The van der Waals surface area contributed by atoms with Crippen molar-refractivity contribution in [2.24, 2.45) is 0 Å². The first-order valence-corrected chi connectivity index (χ1v) is 11.4. The predicted octanol–water partition coefficient (Wildman–Crippen LogP) is 4.29. The Hall–Kier alpha value is -4.80. The Morgan fingerprint density at radius 3 is 2.59 bits per heavy atom. The molecule has 0 aliphatic carbocycles. The van der Waals surface area contributed by atoms with Crippen LogP contribution < -0.4 is 21.3 Å². The number of fused-ring (bicyclic) bond motifs is 1. The fourth-order valence-electron chi connectivity index (χ4n) is 4.26. The molecule has 0 bridgehead atoms. The molecule has 0 aliphatic heterocycles. The third-order valence-electron chi connectivity index (χ3n) is 6.05. The number of nitrogens with zero attached hydrogens (tertiary/aromatic N) is 5. The molecule has 188 valence electrons. The first kappa shape index (κ1) is 23.9. The third-order valence-corrected chi connectivity index (χ3v) is 6.05. The fraction of sp³-hybridized carbons (Fsp3) is 0.154. The van der Waals surface area contributed by atoms with Crippen LogP contribution in [0.15, 0.2) is 65.8 Å². The second-order valence-electron chi connectivity index (χ2n) is 8.45. The van der Waals surface area contributed by atoms with Crippen molar-refractivity contribution in [1.82, 2.24) is 24.1 Å². The lowest BCUT2D eigenvalue weighted by atomic mass is 10.1. The van der Waals surface area contributed by atoms with Crippen LogP contribution in [-0.4, -0.2) is 31.3 Å². The van der Waals surface area contributed by atoms with E-state index in [-0.39, 0.29) is 34.1 Å². The molecule has 1 atom stereocenters. The molecule has 3 aromatic heterocycles. The second-order valence-corrected chi connectivity index (χ2v) is 8.45. The summed E-state index contributed by atoms with van der Waals surface area (Å²) in [6.45, 7) is 3.65. The third kappa shape index (κ3) is 4.14. The number of hydrogen-bond donors (Lipinski definition) is 2. The highest BCUT2D eigenvalue weighted by Crippen LogP contribution is 2.36. The Balaban J connectivity index is 1.66. The van der Waals surface area contributed by atoms with Gasteiger partial charge in [-0.15, -0.1) is 0 Å². The van der Waals surface area contributed by atoms with Gasteiger partial charge in [-0.25, -0.2) is 18.9 Å². The molecule has 0 aliphatic rings. The molecule has 0 spiro atoms. The number of aromatic nitrogens is 5. The van der Waals surface area contributed by atoms with Gasteiger partial charge in [0.1, 0.15) is 23.5 Å². The van der Waals surface area contributed by atoms with Gasteiger partial charge < -0.3 is 15.8 Å². The van der Waals surface area contributed by atoms with E-state index in [9.17, 15) is 13.6 Å². The summed E-state index contributed by atoms with van der Waals surface area (Å²) in [6, 6.07) is 12.7. The number of nitrogens with one attached hydrogen (secondary N) is 1. The Morgan fingerprint density at radius 1 is 1.11 bits per heavy atom. The van der Waals surface area contributed by atoms with E-state index in [2.05, 4.69) is 15.3 Å². The van der Waals surface area contributed by atoms with Crippen LogP contribution in [0.25, 0.3) is 22.3 Å². The monoisotopic (exact) mass is 503 g/mol. The molecule has 0 saturated carbocycles. The zero-order valence-electron chi connectivity index (χ0n) is 20.2. The van der Waals surface area contributed by atoms with Crippen molar-refractivity contribution >= 4 is 17.2 Å². The molecule has 37 heavy (non-hydrogen) atoms. The van der Waals surface area contributed by atoms with Crippen LogP contribution in [0.2, 0.25) is 0 Å². The summed E-state index contributed by atoms with van der Waals surface area (Å²) in [5.74, 6) is -1.83. The normalized spacial score (nSPS) is 12.0. The molecule has 0 radical (unpaired) electrons. The molecule has 5 aromatic rings. The van der Waals surface area contributed by atoms with Gasteiger partial charge >= 0.3 is 0 Å². The maximum atomic E-state index is 14.3. The topological polar surface area (TPSA) is 112 Å². The van der Waals surface area contributed by atoms with E-state index in [0.29, 0.717) is 17.0 Å². The summed E-state index contributed by atoms with van der Waals surface area (Å²) in [5, 5.41) is 7.94. The Morgan fingerprint density at radius 2 is 1.86 bits per heavy atom. The van der Waals surface area contributed by atoms with Crippen LogP contribution in [0, 0.1) is 18.6 Å². The lowest BCUT2D eigenvalue weighted by Gasteiger charge is -2.21. The number of methoxy groups -OCH3 is 1. The highest BCUT2D eigenvalue weighted by atomic mass is 19.2. The van der Waals surface area contributed by atoms with E-state index in [0.717, 1.165) is 11.6 Å². The second kappa shape index (κ2) is 9.34. The maximum Gasteiger partial charge on any atom is 0.282 e. The van der Waals surface area contributed by atoms with E-state index in [1.807, 2.05) is 43.3 Å². The smallest absolute Gasteiger partial charge is 0.282 e. The molecule has 0 saturated heterocycles. The quantitative estimate of drug-likeness (QED) is 0.355. The van der Waals surface area contributed by atoms with Crippen LogP contribution in [0.1, 0.15) is 24.4 Å². The molecule has 11 heteroatoms. The summed E-state index contributed by atoms with van der Waals surface area (Å²) in [6.07, 6.45) is 2.97. The number of nitrogens with two attached hydrogens (primary N) is 1. The van der Waals surface area contributed by atoms with Crippen molar-refractivity contribution < 1.29 is 13.5 Å². The van der Waals surface area contributed by atoms with Crippen LogP contribution in [0.3, 0.4) is 0 Å². The molecule has 2 aromatic carbocycles. The van der Waals surface area contributed by atoms with Gasteiger partial charge in [-0.05, 0) is 55.3 Å². The van der Waals surface area contributed by atoms with Gasteiger partial charge in [0.05, 0.1) is 24.4 Å². The van der Waals surface area contributed by atoms with Gasteiger partial charge in [0.2, 0.25) is 5.82 Å². The highest BCUT2D eigenvalue weighted by Gasteiger charge is 2.23. The standard InChI is InChI=1S/C26H23F2N7O2/c1-14-9-10-34-22(14)26(36)35(17-7-5-4-6-8-17)25(33-34)15(2)32-24-20(23(29)30-13-31-24)16-11-18(27)21(28)19(12-16)37-3/h4-13,15H,1-3H3,(H3,29,30,31,32)/t15-/m0/s1. The highest BCUT2D eigenvalue weighted by molar-refractivity contribution is 5.84. The number of rotatable bonds is 6. The van der Waals surface area contributed by atoms with E-state index in [1.165, 1.54) is 24.1 Å². The largest absolute Gasteiger partial charge is 0.494 e. The maximum absolute atomic E-state index is 14.3. The first-order chi connectivity index (χ1) is 17.8. The van der Waals surface area contributed by atoms with E-state index in [4.69, 9.17) is 15.6 Å². The molecule has 5 rings (SSSR count). The minimum Gasteiger partial charge on any atom is -0.494 e. The van der Waals surface area contributed by atoms with Crippen molar-refractivity contribution in [3.63, 3.8) is 0 Å². The molecule has 3 N–H and O–H groups in total. The van der Waals surface area contributed by atoms with Gasteiger partial charge in [0, 0.05) is 6.20 Å². The minimum absolute atomic E-state index is 0.0441. The number of anilines is 2. The lowest BCUT2D eigenvalue weighted by molar-refractivity contribution is 0.372. The fourth-order valence-corrected chi connectivity index (χ4v) is 4.26. The molecule has 0 fully saturated rings. The van der Waals surface area contributed by atoms with Crippen LogP contribution >= 0.6 is 0 Å². The van der Waals surface area contributed by atoms with Crippen molar-refractivity contribution in [2.45, 2.75) is 19.9 Å². The number of benzene rings is 2. The van der Waals surface area contributed by atoms with Gasteiger partial charge in [0.25, 0.3) is 5.56 Å². The first-order valence-electron chi connectivity index (χ1n) is 11.4. The number of halogens is 2. The average Bonchev–Trinajstić information content (AvgIpc) is 3.27. The SMILES string of the molecule is COc1cc(-c2c(N)ncnc2N[C@@H](C)c2nn3ccc(C)c3c(=O)n2-c2ccccc2)cc(F)c1F. The lowest BCUT2D eigenvalue weighted by Crippen LogP contribution is -2.29. The summed E-state index contributed by atoms with van der Waals surface area (Å²) < 4.78 is 36.5. The number of para-hydroxylation sites is 1. The zero-order valence-corrected chi connectivity index (χ0v) is 20.2. The molecule has 3 heterocycles. The number of hydrogen-bond acceptors (Lipinski definition) is 7.